The maximum absolute atomic E-state index is 13.2. The number of ether oxygens (including phenoxy) is 2. The molecule has 0 spiro atoms. The number of methoxy groups -OCH3 is 2. The number of hydrogen-bond acceptors (Lipinski definition) is 4. The number of aliphatic hydroxyl groups is 1. The minimum atomic E-state index is -0.838. The number of benzene rings is 2. The standard InChI is InChI=1S/C22H30FN3O3/c1-5-24-22(25-11-10-16-6-7-17(23)12-15(16)2)26-14-20(27)19-13-18(28-3)8-9-21(19)29-4/h6-9,12-13,20,27H,5,10-11,14H2,1-4H3,(H2,24,25,26). The summed E-state index contributed by atoms with van der Waals surface area (Å²) in [6.45, 7) is 5.36. The van der Waals surface area contributed by atoms with Crippen LogP contribution >= 0.6 is 0 Å². The molecule has 2 aromatic rings. The van der Waals surface area contributed by atoms with Gasteiger partial charge in [-0.05, 0) is 61.7 Å². The highest BCUT2D eigenvalue weighted by Crippen LogP contribution is 2.29. The minimum absolute atomic E-state index is 0.161. The second-order valence-electron chi connectivity index (χ2n) is 6.59. The Morgan fingerprint density at radius 2 is 1.93 bits per heavy atom. The number of halogens is 1. The van der Waals surface area contributed by atoms with Gasteiger partial charge in [0.05, 0.1) is 20.8 Å². The second-order valence-corrected chi connectivity index (χ2v) is 6.59. The second kappa shape index (κ2) is 11.3. The third-order valence-corrected chi connectivity index (χ3v) is 4.55. The van der Waals surface area contributed by atoms with Crippen LogP contribution in [0.25, 0.3) is 0 Å². The lowest BCUT2D eigenvalue weighted by atomic mass is 10.1. The van der Waals surface area contributed by atoms with Gasteiger partial charge < -0.3 is 25.2 Å². The summed E-state index contributed by atoms with van der Waals surface area (Å²) in [5, 5.41) is 17.0. The summed E-state index contributed by atoms with van der Waals surface area (Å²) in [4.78, 5) is 4.48. The number of aliphatic imine (C=N–C) groups is 1. The fraction of sp³-hybridized carbons (Fsp3) is 0.409. The van der Waals surface area contributed by atoms with Gasteiger partial charge in [-0.3, -0.25) is 4.99 Å². The van der Waals surface area contributed by atoms with Crippen LogP contribution in [0.4, 0.5) is 4.39 Å². The van der Waals surface area contributed by atoms with Gasteiger partial charge in [0.15, 0.2) is 5.96 Å². The number of nitrogens with zero attached hydrogens (tertiary/aromatic N) is 1. The van der Waals surface area contributed by atoms with E-state index >= 15 is 0 Å². The van der Waals surface area contributed by atoms with Crippen molar-refractivity contribution in [1.82, 2.24) is 10.6 Å². The van der Waals surface area contributed by atoms with Gasteiger partial charge in [-0.15, -0.1) is 0 Å². The van der Waals surface area contributed by atoms with Crippen molar-refractivity contribution in [3.8, 4) is 11.5 Å². The Hall–Kier alpha value is -2.80. The maximum Gasteiger partial charge on any atom is 0.191 e. The molecule has 6 nitrogen and oxygen atoms in total. The molecule has 0 heterocycles. The van der Waals surface area contributed by atoms with Crippen molar-refractivity contribution in [3.05, 3.63) is 58.9 Å². The minimum Gasteiger partial charge on any atom is -0.497 e. The molecule has 158 valence electrons. The molecular formula is C22H30FN3O3. The van der Waals surface area contributed by atoms with Crippen LogP contribution in [0.2, 0.25) is 0 Å². The molecular weight excluding hydrogens is 373 g/mol. The molecule has 0 aliphatic rings. The number of hydrogen-bond donors (Lipinski definition) is 3. The molecule has 0 saturated heterocycles. The molecule has 0 aliphatic carbocycles. The highest BCUT2D eigenvalue weighted by atomic mass is 19.1. The highest BCUT2D eigenvalue weighted by molar-refractivity contribution is 5.79. The largest absolute Gasteiger partial charge is 0.497 e. The first kappa shape index (κ1) is 22.5. The molecule has 0 aliphatic heterocycles. The Morgan fingerprint density at radius 3 is 2.59 bits per heavy atom. The fourth-order valence-electron chi connectivity index (χ4n) is 2.97. The first-order valence-corrected chi connectivity index (χ1v) is 9.65. The van der Waals surface area contributed by atoms with Crippen LogP contribution < -0.4 is 20.1 Å². The average Bonchev–Trinajstić information content (AvgIpc) is 2.72. The van der Waals surface area contributed by atoms with E-state index in [1.54, 1.807) is 38.5 Å². The lowest BCUT2D eigenvalue weighted by molar-refractivity contribution is 0.182. The van der Waals surface area contributed by atoms with Crippen molar-refractivity contribution in [2.45, 2.75) is 26.4 Å². The molecule has 1 atom stereocenters. The van der Waals surface area contributed by atoms with E-state index in [1.165, 1.54) is 12.1 Å². The van der Waals surface area contributed by atoms with Gasteiger partial charge in [0.2, 0.25) is 0 Å². The van der Waals surface area contributed by atoms with E-state index in [2.05, 4.69) is 15.6 Å². The highest BCUT2D eigenvalue weighted by Gasteiger charge is 2.14. The summed E-state index contributed by atoms with van der Waals surface area (Å²) >= 11 is 0. The smallest absolute Gasteiger partial charge is 0.191 e. The van der Waals surface area contributed by atoms with Crippen LogP contribution in [0.1, 0.15) is 29.7 Å². The zero-order valence-corrected chi connectivity index (χ0v) is 17.5. The summed E-state index contributed by atoms with van der Waals surface area (Å²) < 4.78 is 23.8. The van der Waals surface area contributed by atoms with Gasteiger partial charge in [0.1, 0.15) is 23.4 Å². The Morgan fingerprint density at radius 1 is 1.14 bits per heavy atom. The van der Waals surface area contributed by atoms with Crippen LogP contribution in [0, 0.1) is 12.7 Å². The van der Waals surface area contributed by atoms with Crippen LogP contribution in [0.15, 0.2) is 41.4 Å². The van der Waals surface area contributed by atoms with Crippen molar-refractivity contribution in [2.75, 3.05) is 33.9 Å². The Kier molecular flexibility index (Phi) is 8.73. The van der Waals surface area contributed by atoms with Crippen molar-refractivity contribution in [1.29, 1.82) is 0 Å². The van der Waals surface area contributed by atoms with Crippen molar-refractivity contribution in [3.63, 3.8) is 0 Å². The summed E-state index contributed by atoms with van der Waals surface area (Å²) in [6.07, 6.45) is -0.0992. The molecule has 0 fully saturated rings. The quantitative estimate of drug-likeness (QED) is 0.443. The monoisotopic (exact) mass is 403 g/mol. The summed E-state index contributed by atoms with van der Waals surface area (Å²) in [5.74, 6) is 1.60. The van der Waals surface area contributed by atoms with E-state index in [-0.39, 0.29) is 12.4 Å². The van der Waals surface area contributed by atoms with Gasteiger partial charge >= 0.3 is 0 Å². The number of aliphatic hydroxyl groups excluding tert-OH is 1. The van der Waals surface area contributed by atoms with E-state index in [9.17, 15) is 9.50 Å². The molecule has 0 radical (unpaired) electrons. The van der Waals surface area contributed by atoms with Crippen molar-refractivity contribution in [2.24, 2.45) is 4.99 Å². The predicted molar refractivity (Wildman–Crippen MR) is 113 cm³/mol. The van der Waals surface area contributed by atoms with E-state index < -0.39 is 6.10 Å². The van der Waals surface area contributed by atoms with E-state index in [0.29, 0.717) is 36.1 Å². The van der Waals surface area contributed by atoms with Crippen LogP contribution in [0.3, 0.4) is 0 Å². The Bertz CT molecular complexity index is 827. The third kappa shape index (κ3) is 6.64. The zero-order valence-electron chi connectivity index (χ0n) is 17.5. The molecule has 0 aromatic heterocycles. The number of rotatable bonds is 9. The molecule has 1 unspecified atom stereocenters. The van der Waals surface area contributed by atoms with Gasteiger partial charge in [-0.25, -0.2) is 4.39 Å². The van der Waals surface area contributed by atoms with Crippen molar-refractivity contribution >= 4 is 5.96 Å². The summed E-state index contributed by atoms with van der Waals surface area (Å²) in [7, 11) is 3.14. The Labute approximate surface area is 171 Å². The molecule has 2 rings (SSSR count). The molecule has 0 saturated carbocycles. The molecule has 7 heteroatoms. The number of aryl methyl sites for hydroxylation is 1. The molecule has 29 heavy (non-hydrogen) atoms. The normalized spacial score (nSPS) is 12.4. The number of guanidine groups is 1. The van der Waals surface area contributed by atoms with Crippen molar-refractivity contribution < 1.29 is 19.0 Å². The molecule has 2 aromatic carbocycles. The number of nitrogens with one attached hydrogen (secondary N) is 2. The Balaban J connectivity index is 2.01. The van der Waals surface area contributed by atoms with Gasteiger partial charge in [0, 0.05) is 18.7 Å². The zero-order chi connectivity index (χ0) is 21.2. The fourth-order valence-corrected chi connectivity index (χ4v) is 2.97. The van der Waals surface area contributed by atoms with Gasteiger partial charge in [0.25, 0.3) is 0 Å². The van der Waals surface area contributed by atoms with Gasteiger partial charge in [-0.2, -0.15) is 0 Å². The molecule has 0 amide bonds. The lowest BCUT2D eigenvalue weighted by Gasteiger charge is -2.16. The van der Waals surface area contributed by atoms with E-state index in [0.717, 1.165) is 17.5 Å². The van der Waals surface area contributed by atoms with E-state index in [4.69, 9.17) is 9.47 Å². The lowest BCUT2D eigenvalue weighted by Crippen LogP contribution is -2.38. The first-order valence-electron chi connectivity index (χ1n) is 9.65. The maximum atomic E-state index is 13.2. The first-order chi connectivity index (χ1) is 14.0. The topological polar surface area (TPSA) is 75.1 Å². The molecule has 0 bridgehead atoms. The third-order valence-electron chi connectivity index (χ3n) is 4.55. The summed E-state index contributed by atoms with van der Waals surface area (Å²) in [6, 6.07) is 10.1. The van der Waals surface area contributed by atoms with Crippen LogP contribution in [-0.2, 0) is 6.42 Å². The molecule has 3 N–H and O–H groups in total. The van der Waals surface area contributed by atoms with Crippen LogP contribution in [0.5, 0.6) is 11.5 Å². The summed E-state index contributed by atoms with van der Waals surface area (Å²) in [5.41, 5.74) is 2.62. The van der Waals surface area contributed by atoms with Gasteiger partial charge in [-0.1, -0.05) is 6.07 Å². The SMILES string of the molecule is CCNC(=NCC(O)c1cc(OC)ccc1OC)NCCc1ccc(F)cc1C. The van der Waals surface area contributed by atoms with E-state index in [1.807, 2.05) is 13.8 Å². The average molecular weight is 403 g/mol. The predicted octanol–water partition coefficient (Wildman–Crippen LogP) is 2.98. The van der Waals surface area contributed by atoms with Crippen LogP contribution in [-0.4, -0.2) is 44.9 Å².